The maximum Gasteiger partial charge on any atom is 0.257 e. The Kier molecular flexibility index (Phi) is 4.14. The van der Waals surface area contributed by atoms with Crippen LogP contribution in [0, 0.1) is 6.92 Å². The van der Waals surface area contributed by atoms with Crippen LogP contribution >= 0.6 is 11.6 Å². The first-order chi connectivity index (χ1) is 12.6. The zero-order valence-electron chi connectivity index (χ0n) is 13.9. The largest absolute Gasteiger partial charge is 0.434 e. The predicted molar refractivity (Wildman–Crippen MR) is 101 cm³/mol. The van der Waals surface area contributed by atoms with Crippen molar-refractivity contribution in [3.05, 3.63) is 76.9 Å². The van der Waals surface area contributed by atoms with Crippen LogP contribution in [0.25, 0.3) is 22.7 Å². The van der Waals surface area contributed by atoms with Gasteiger partial charge in [0.15, 0.2) is 11.2 Å². The van der Waals surface area contributed by atoms with Gasteiger partial charge in [-0.05, 0) is 55.0 Å². The minimum atomic E-state index is -0.252. The summed E-state index contributed by atoms with van der Waals surface area (Å²) in [4.78, 5) is 21.0. The summed E-state index contributed by atoms with van der Waals surface area (Å²) in [6, 6.07) is 16.1. The number of carbonyl (C=O) groups excluding carboxylic acids is 1. The highest BCUT2D eigenvalue weighted by molar-refractivity contribution is 6.34. The van der Waals surface area contributed by atoms with E-state index in [2.05, 4.69) is 15.3 Å². The van der Waals surface area contributed by atoms with Crippen molar-refractivity contribution in [3.8, 4) is 11.5 Å². The second kappa shape index (κ2) is 6.61. The molecule has 2 aromatic carbocycles. The Morgan fingerprint density at radius 2 is 1.96 bits per heavy atom. The van der Waals surface area contributed by atoms with Crippen LogP contribution in [0.3, 0.4) is 0 Å². The number of pyridine rings is 1. The van der Waals surface area contributed by atoms with Crippen LogP contribution in [0.15, 0.2) is 65.2 Å². The van der Waals surface area contributed by atoms with Gasteiger partial charge in [0.2, 0.25) is 5.89 Å². The summed E-state index contributed by atoms with van der Waals surface area (Å²) in [5.74, 6) is 0.239. The van der Waals surface area contributed by atoms with Gasteiger partial charge in [0, 0.05) is 17.4 Å². The van der Waals surface area contributed by atoms with Gasteiger partial charge in [0.05, 0.1) is 10.6 Å². The van der Waals surface area contributed by atoms with Crippen molar-refractivity contribution in [2.24, 2.45) is 0 Å². The molecular weight excluding hydrogens is 350 g/mol. The van der Waals surface area contributed by atoms with Crippen molar-refractivity contribution >= 4 is 34.4 Å². The molecule has 1 amide bonds. The number of halogens is 1. The lowest BCUT2D eigenvalue weighted by Gasteiger charge is -2.10. The summed E-state index contributed by atoms with van der Waals surface area (Å²) < 4.78 is 5.74. The summed E-state index contributed by atoms with van der Waals surface area (Å²) in [6.07, 6.45) is 1.67. The highest BCUT2D eigenvalue weighted by atomic mass is 35.5. The maximum atomic E-state index is 12.4. The third-order valence-corrected chi connectivity index (χ3v) is 4.33. The van der Waals surface area contributed by atoms with Gasteiger partial charge in [-0.2, -0.15) is 4.98 Å². The number of nitrogens with zero attached hydrogens (tertiary/aromatic N) is 2. The predicted octanol–water partition coefficient (Wildman–Crippen LogP) is 5.10. The molecule has 0 spiro atoms. The number of benzene rings is 2. The SMILES string of the molecule is Cc1cc(-c2nc3ncccc3o2)ccc1NC(=O)c1ccccc1Cl. The molecule has 0 saturated heterocycles. The number of oxazole rings is 1. The van der Waals surface area contributed by atoms with Gasteiger partial charge in [0.1, 0.15) is 0 Å². The first-order valence-electron chi connectivity index (χ1n) is 8.00. The number of hydrogen-bond donors (Lipinski definition) is 1. The Morgan fingerprint density at radius 3 is 2.73 bits per heavy atom. The Labute approximate surface area is 154 Å². The van der Waals surface area contributed by atoms with E-state index in [0.717, 1.165) is 11.1 Å². The molecule has 1 N–H and O–H groups in total. The molecular formula is C20H14ClN3O2. The van der Waals surface area contributed by atoms with Crippen LogP contribution in [-0.2, 0) is 0 Å². The number of amides is 1. The van der Waals surface area contributed by atoms with Gasteiger partial charge in [-0.3, -0.25) is 4.79 Å². The van der Waals surface area contributed by atoms with Crippen molar-refractivity contribution in [1.82, 2.24) is 9.97 Å². The normalized spacial score (nSPS) is 10.8. The smallest absolute Gasteiger partial charge is 0.257 e. The highest BCUT2D eigenvalue weighted by Crippen LogP contribution is 2.27. The molecule has 0 fully saturated rings. The van der Waals surface area contributed by atoms with Crippen molar-refractivity contribution in [2.75, 3.05) is 5.32 Å². The number of anilines is 1. The Hall–Kier alpha value is -3.18. The monoisotopic (exact) mass is 363 g/mol. The molecule has 0 aliphatic heterocycles. The zero-order valence-corrected chi connectivity index (χ0v) is 14.6. The van der Waals surface area contributed by atoms with Crippen LogP contribution in [0.4, 0.5) is 5.69 Å². The molecule has 4 rings (SSSR count). The minimum Gasteiger partial charge on any atom is -0.434 e. The Bertz CT molecular complexity index is 1090. The third-order valence-electron chi connectivity index (χ3n) is 4.00. The topological polar surface area (TPSA) is 68.0 Å². The molecule has 6 heteroatoms. The van der Waals surface area contributed by atoms with Gasteiger partial charge in [-0.15, -0.1) is 0 Å². The third kappa shape index (κ3) is 3.05. The van der Waals surface area contributed by atoms with Gasteiger partial charge in [-0.25, -0.2) is 4.98 Å². The van der Waals surface area contributed by atoms with E-state index < -0.39 is 0 Å². The van der Waals surface area contributed by atoms with Gasteiger partial charge >= 0.3 is 0 Å². The molecule has 0 aliphatic rings. The molecule has 2 heterocycles. The van der Waals surface area contributed by atoms with Crippen LogP contribution < -0.4 is 5.32 Å². The number of nitrogens with one attached hydrogen (secondary N) is 1. The summed E-state index contributed by atoms with van der Waals surface area (Å²) in [5, 5.41) is 3.30. The van der Waals surface area contributed by atoms with E-state index in [1.165, 1.54) is 0 Å². The second-order valence-electron chi connectivity index (χ2n) is 5.81. The minimum absolute atomic E-state index is 0.252. The van der Waals surface area contributed by atoms with E-state index in [1.807, 2.05) is 31.2 Å². The molecule has 0 radical (unpaired) electrons. The van der Waals surface area contributed by atoms with Crippen LogP contribution in [-0.4, -0.2) is 15.9 Å². The summed E-state index contributed by atoms with van der Waals surface area (Å²) >= 11 is 6.08. The average molecular weight is 364 g/mol. The molecule has 0 saturated carbocycles. The molecule has 4 aromatic rings. The van der Waals surface area contributed by atoms with E-state index in [9.17, 15) is 4.79 Å². The van der Waals surface area contributed by atoms with Crippen LogP contribution in [0.1, 0.15) is 15.9 Å². The van der Waals surface area contributed by atoms with E-state index in [0.29, 0.717) is 33.4 Å². The fraction of sp³-hybridized carbons (Fsp3) is 0.0500. The molecule has 128 valence electrons. The average Bonchev–Trinajstić information content (AvgIpc) is 3.08. The van der Waals surface area contributed by atoms with Crippen LogP contribution in [0.2, 0.25) is 5.02 Å². The molecule has 0 aliphatic carbocycles. The fourth-order valence-corrected chi connectivity index (χ4v) is 2.89. The van der Waals surface area contributed by atoms with Gasteiger partial charge < -0.3 is 9.73 Å². The number of rotatable bonds is 3. The molecule has 0 bridgehead atoms. The van der Waals surface area contributed by atoms with Crippen molar-refractivity contribution < 1.29 is 9.21 Å². The second-order valence-corrected chi connectivity index (χ2v) is 6.22. The summed E-state index contributed by atoms with van der Waals surface area (Å²) in [7, 11) is 0. The van der Waals surface area contributed by atoms with Crippen molar-refractivity contribution in [2.45, 2.75) is 6.92 Å². The Balaban J connectivity index is 1.62. The molecule has 0 atom stereocenters. The van der Waals surface area contributed by atoms with E-state index >= 15 is 0 Å². The fourth-order valence-electron chi connectivity index (χ4n) is 2.66. The summed E-state index contributed by atoms with van der Waals surface area (Å²) in [5.41, 5.74) is 4.04. The standard InChI is InChI=1S/C20H14ClN3O2/c1-12-11-13(20-24-18-17(26-20)7-4-10-22-18)8-9-16(12)23-19(25)14-5-2-3-6-15(14)21/h2-11H,1H3,(H,23,25). The number of fused-ring (bicyclic) bond motifs is 1. The zero-order chi connectivity index (χ0) is 18.1. The number of carbonyl (C=O) groups is 1. The number of aryl methyl sites for hydroxylation is 1. The molecule has 0 unspecified atom stereocenters. The van der Waals surface area contributed by atoms with E-state index in [-0.39, 0.29) is 5.91 Å². The van der Waals surface area contributed by atoms with Crippen molar-refractivity contribution in [3.63, 3.8) is 0 Å². The highest BCUT2D eigenvalue weighted by Gasteiger charge is 2.13. The lowest BCUT2D eigenvalue weighted by molar-refractivity contribution is 0.102. The Morgan fingerprint density at radius 1 is 1.12 bits per heavy atom. The quantitative estimate of drug-likeness (QED) is 0.549. The molecule has 5 nitrogen and oxygen atoms in total. The number of aromatic nitrogens is 2. The lowest BCUT2D eigenvalue weighted by Crippen LogP contribution is -2.13. The first-order valence-corrected chi connectivity index (χ1v) is 8.38. The van der Waals surface area contributed by atoms with Gasteiger partial charge in [0.25, 0.3) is 5.91 Å². The summed E-state index contributed by atoms with van der Waals surface area (Å²) in [6.45, 7) is 1.91. The van der Waals surface area contributed by atoms with E-state index in [1.54, 1.807) is 36.5 Å². The van der Waals surface area contributed by atoms with Gasteiger partial charge in [-0.1, -0.05) is 23.7 Å². The van der Waals surface area contributed by atoms with E-state index in [4.69, 9.17) is 16.0 Å². The number of hydrogen-bond acceptors (Lipinski definition) is 4. The first kappa shape index (κ1) is 16.3. The maximum absolute atomic E-state index is 12.4. The molecule has 2 aromatic heterocycles. The molecule has 26 heavy (non-hydrogen) atoms. The lowest BCUT2D eigenvalue weighted by atomic mass is 10.1. The van der Waals surface area contributed by atoms with Crippen molar-refractivity contribution in [1.29, 1.82) is 0 Å². The van der Waals surface area contributed by atoms with Crippen LogP contribution in [0.5, 0.6) is 0 Å².